The van der Waals surface area contributed by atoms with Crippen LogP contribution in [0.4, 0.5) is 0 Å². The number of hydrogen-bond acceptors (Lipinski definition) is 5. The van der Waals surface area contributed by atoms with E-state index >= 15 is 0 Å². The van der Waals surface area contributed by atoms with E-state index < -0.39 is 20.0 Å². The molecule has 0 bridgehead atoms. The van der Waals surface area contributed by atoms with Gasteiger partial charge in [0.15, 0.2) is 0 Å². The quantitative estimate of drug-likeness (QED) is 0.769. The normalized spacial score (nSPS) is 17.6. The molecular weight excluding hydrogens is 366 g/mol. The van der Waals surface area contributed by atoms with Crippen LogP contribution in [-0.2, 0) is 20.0 Å². The number of benzene rings is 1. The fraction of sp³-hybridized carbons (Fsp3) is 0.533. The Labute approximate surface area is 148 Å². The van der Waals surface area contributed by atoms with Crippen molar-refractivity contribution >= 4 is 26.0 Å². The lowest BCUT2D eigenvalue weighted by Gasteiger charge is -2.34. The lowest BCUT2D eigenvalue weighted by Crippen LogP contribution is -2.46. The summed E-state index contributed by atoms with van der Waals surface area (Å²) in [5.41, 5.74) is 0.384. The van der Waals surface area contributed by atoms with Crippen molar-refractivity contribution < 1.29 is 21.6 Å². The summed E-state index contributed by atoms with van der Waals surface area (Å²) in [7, 11) is -3.94. The van der Waals surface area contributed by atoms with E-state index in [4.69, 9.17) is 0 Å². The summed E-state index contributed by atoms with van der Waals surface area (Å²) in [6.07, 6.45) is 2.03. The Morgan fingerprint density at radius 2 is 1.64 bits per heavy atom. The van der Waals surface area contributed by atoms with Crippen LogP contribution < -0.4 is 5.32 Å². The van der Waals surface area contributed by atoms with Crippen molar-refractivity contribution in [2.24, 2.45) is 0 Å². The third-order valence-electron chi connectivity index (χ3n) is 4.44. The largest absolute Gasteiger partial charge is 0.355 e. The lowest BCUT2D eigenvalue weighted by atomic mass is 10.1. The number of rotatable bonds is 5. The Hall–Kier alpha value is -1.49. The van der Waals surface area contributed by atoms with E-state index in [1.165, 1.54) is 47.0 Å². The molecule has 1 fully saturated rings. The second-order valence-corrected chi connectivity index (χ2v) is 10.00. The Kier molecular flexibility index (Phi) is 5.87. The molecule has 1 aliphatic heterocycles. The molecule has 1 amide bonds. The van der Waals surface area contributed by atoms with Crippen molar-refractivity contribution in [3.05, 3.63) is 29.8 Å². The molecule has 0 aliphatic carbocycles. The maximum absolute atomic E-state index is 12.7. The minimum Gasteiger partial charge on any atom is -0.355 e. The first-order valence-electron chi connectivity index (χ1n) is 7.82. The Balaban J connectivity index is 2.10. The predicted molar refractivity (Wildman–Crippen MR) is 94.2 cm³/mol. The highest BCUT2D eigenvalue weighted by Crippen LogP contribution is 2.24. The van der Waals surface area contributed by atoms with Crippen molar-refractivity contribution in [3.63, 3.8) is 0 Å². The first kappa shape index (κ1) is 19.8. The van der Waals surface area contributed by atoms with Gasteiger partial charge in [-0.3, -0.25) is 4.79 Å². The summed E-state index contributed by atoms with van der Waals surface area (Å²) in [4.78, 5) is 11.7. The first-order valence-corrected chi connectivity index (χ1v) is 11.1. The van der Waals surface area contributed by atoms with Crippen LogP contribution in [0.3, 0.4) is 0 Å². The first-order chi connectivity index (χ1) is 11.6. The average molecular weight is 389 g/mol. The number of piperidine rings is 1. The molecule has 1 saturated heterocycles. The van der Waals surface area contributed by atoms with E-state index in [0.29, 0.717) is 18.4 Å². The van der Waals surface area contributed by atoms with Gasteiger partial charge < -0.3 is 5.32 Å². The van der Waals surface area contributed by atoms with Gasteiger partial charge in [0.05, 0.1) is 11.2 Å². The molecule has 2 rings (SSSR count). The van der Waals surface area contributed by atoms with Crippen LogP contribution in [0.1, 0.15) is 23.2 Å². The zero-order valence-electron chi connectivity index (χ0n) is 14.5. The smallest absolute Gasteiger partial charge is 0.251 e. The fourth-order valence-corrected chi connectivity index (χ4v) is 5.01. The van der Waals surface area contributed by atoms with Crippen molar-refractivity contribution in [3.8, 4) is 0 Å². The van der Waals surface area contributed by atoms with Crippen LogP contribution in [0, 0.1) is 0 Å². The summed E-state index contributed by atoms with van der Waals surface area (Å²) in [6, 6.07) is 5.56. The van der Waals surface area contributed by atoms with Gasteiger partial charge in [-0.1, -0.05) is 0 Å². The number of sulfonamides is 2. The molecule has 1 N–H and O–H groups in total. The van der Waals surface area contributed by atoms with Gasteiger partial charge in [-0.05, 0) is 37.1 Å². The minimum atomic E-state index is -3.66. The van der Waals surface area contributed by atoms with E-state index in [9.17, 15) is 21.6 Å². The van der Waals surface area contributed by atoms with E-state index in [-0.39, 0.29) is 29.9 Å². The Bertz CT molecular complexity index is 826. The molecule has 0 saturated carbocycles. The van der Waals surface area contributed by atoms with Gasteiger partial charge in [-0.25, -0.2) is 21.1 Å². The SMILES string of the molecule is CNC(=O)c1ccc(S(=O)(=O)N2CCC(N(C)S(C)(=O)=O)CC2)cc1. The molecule has 10 heteroatoms. The number of nitrogens with one attached hydrogen (secondary N) is 1. The molecule has 0 spiro atoms. The molecule has 0 atom stereocenters. The second-order valence-electron chi connectivity index (χ2n) is 6.02. The molecule has 1 aromatic carbocycles. The van der Waals surface area contributed by atoms with Crippen molar-refractivity contribution in [1.82, 2.24) is 13.9 Å². The molecule has 8 nitrogen and oxygen atoms in total. The molecule has 1 aromatic rings. The monoisotopic (exact) mass is 389 g/mol. The Morgan fingerprint density at radius 3 is 2.08 bits per heavy atom. The number of carbonyl (C=O) groups is 1. The molecule has 0 radical (unpaired) electrons. The van der Waals surface area contributed by atoms with Gasteiger partial charge >= 0.3 is 0 Å². The average Bonchev–Trinajstić information content (AvgIpc) is 2.59. The summed E-state index contributed by atoms with van der Waals surface area (Å²) >= 11 is 0. The van der Waals surface area contributed by atoms with Crippen LogP contribution in [0.15, 0.2) is 29.2 Å². The minimum absolute atomic E-state index is 0.120. The molecule has 0 aromatic heterocycles. The summed E-state index contributed by atoms with van der Waals surface area (Å²) in [5, 5.41) is 2.48. The standard InChI is InChI=1S/C15H23N3O5S2/c1-16-15(19)12-4-6-14(7-5-12)25(22,23)18-10-8-13(9-11-18)17(2)24(3,20)21/h4-7,13H,8-11H2,1-3H3,(H,16,19). The molecule has 1 heterocycles. The van der Waals surface area contributed by atoms with Crippen molar-refractivity contribution in [1.29, 1.82) is 0 Å². The maximum atomic E-state index is 12.7. The van der Waals surface area contributed by atoms with Crippen molar-refractivity contribution in [2.75, 3.05) is 33.4 Å². The second kappa shape index (κ2) is 7.40. The van der Waals surface area contributed by atoms with Gasteiger partial charge in [-0.2, -0.15) is 4.31 Å². The number of hydrogen-bond donors (Lipinski definition) is 1. The summed E-state index contributed by atoms with van der Waals surface area (Å²) in [5.74, 6) is -0.284. The van der Waals surface area contributed by atoms with E-state index in [1.807, 2.05) is 0 Å². The van der Waals surface area contributed by atoms with Crippen LogP contribution in [0.5, 0.6) is 0 Å². The van der Waals surface area contributed by atoms with Gasteiger partial charge in [0.1, 0.15) is 0 Å². The topological polar surface area (TPSA) is 104 Å². The third kappa shape index (κ3) is 4.38. The highest BCUT2D eigenvalue weighted by atomic mass is 32.2. The molecular formula is C15H23N3O5S2. The Morgan fingerprint density at radius 1 is 1.12 bits per heavy atom. The zero-order chi connectivity index (χ0) is 18.8. The summed E-state index contributed by atoms with van der Waals surface area (Å²) < 4.78 is 51.3. The number of carbonyl (C=O) groups excluding carboxylic acids is 1. The molecule has 25 heavy (non-hydrogen) atoms. The number of amides is 1. The van der Waals surface area contributed by atoms with Gasteiger partial charge in [0.2, 0.25) is 20.0 Å². The van der Waals surface area contributed by atoms with E-state index in [0.717, 1.165) is 6.26 Å². The highest BCUT2D eigenvalue weighted by molar-refractivity contribution is 7.89. The predicted octanol–water partition coefficient (Wildman–Crippen LogP) is 0.0907. The number of nitrogens with zero attached hydrogens (tertiary/aromatic N) is 2. The highest BCUT2D eigenvalue weighted by Gasteiger charge is 2.33. The molecule has 1 aliphatic rings. The maximum Gasteiger partial charge on any atom is 0.251 e. The van der Waals surface area contributed by atoms with E-state index in [2.05, 4.69) is 5.32 Å². The fourth-order valence-electron chi connectivity index (χ4n) is 2.79. The van der Waals surface area contributed by atoms with E-state index in [1.54, 1.807) is 0 Å². The summed E-state index contributed by atoms with van der Waals surface area (Å²) in [6.45, 7) is 0.508. The van der Waals surface area contributed by atoms with Crippen LogP contribution in [0.2, 0.25) is 0 Å². The van der Waals surface area contributed by atoms with Gasteiger partial charge in [0, 0.05) is 38.8 Å². The molecule has 140 valence electrons. The van der Waals surface area contributed by atoms with Gasteiger partial charge in [-0.15, -0.1) is 0 Å². The molecule has 0 unspecified atom stereocenters. The van der Waals surface area contributed by atoms with Crippen LogP contribution in [-0.4, -0.2) is 70.8 Å². The van der Waals surface area contributed by atoms with Gasteiger partial charge in [0.25, 0.3) is 5.91 Å². The lowest BCUT2D eigenvalue weighted by molar-refractivity contribution is 0.0963. The van der Waals surface area contributed by atoms with Crippen molar-refractivity contribution in [2.45, 2.75) is 23.8 Å². The van der Waals surface area contributed by atoms with Crippen LogP contribution in [0.25, 0.3) is 0 Å². The van der Waals surface area contributed by atoms with Crippen LogP contribution >= 0.6 is 0 Å². The third-order valence-corrected chi connectivity index (χ3v) is 7.70. The zero-order valence-corrected chi connectivity index (χ0v) is 16.1.